The number of carbonyl (C=O) groups excluding carboxylic acids is 1. The van der Waals surface area contributed by atoms with Gasteiger partial charge in [0.25, 0.3) is 0 Å². The summed E-state index contributed by atoms with van der Waals surface area (Å²) in [5.74, 6) is 2.42. The van der Waals surface area contributed by atoms with Crippen molar-refractivity contribution >= 4 is 11.7 Å². The van der Waals surface area contributed by atoms with E-state index in [4.69, 9.17) is 11.2 Å². The molecule has 0 aliphatic carbocycles. The van der Waals surface area contributed by atoms with E-state index < -0.39 is 5.97 Å². The summed E-state index contributed by atoms with van der Waals surface area (Å²) in [5, 5.41) is 3.25. The van der Waals surface area contributed by atoms with E-state index in [1.807, 2.05) is 12.1 Å². The molecule has 1 aromatic rings. The Balaban J connectivity index is 2.65. The normalized spacial score (nSPS) is 9.76. The minimum absolute atomic E-state index is 0.00246. The summed E-state index contributed by atoms with van der Waals surface area (Å²) in [6.07, 6.45) is 5.03. The number of hydrogen-bond donors (Lipinski definition) is 1. The summed E-state index contributed by atoms with van der Waals surface area (Å²) < 4.78 is 4.85. The maximum atomic E-state index is 11.5. The van der Waals surface area contributed by atoms with Crippen LogP contribution in [0.3, 0.4) is 0 Å². The predicted molar refractivity (Wildman–Crippen MR) is 68.9 cm³/mol. The van der Waals surface area contributed by atoms with E-state index >= 15 is 0 Å². The summed E-state index contributed by atoms with van der Waals surface area (Å²) in [7, 11) is 0. The smallest absolute Gasteiger partial charge is 0.339 e. The number of carbonyl (C=O) groups is 1. The van der Waals surface area contributed by atoms with Crippen LogP contribution in [-0.4, -0.2) is 19.1 Å². The topological polar surface area (TPSA) is 38.3 Å². The van der Waals surface area contributed by atoms with Crippen LogP contribution in [0.15, 0.2) is 24.3 Å². The van der Waals surface area contributed by atoms with E-state index in [9.17, 15) is 4.79 Å². The zero-order valence-electron chi connectivity index (χ0n) is 10.2. The van der Waals surface area contributed by atoms with Crippen LogP contribution in [0.2, 0.25) is 0 Å². The highest BCUT2D eigenvalue weighted by Gasteiger charge is 2.06. The largest absolute Gasteiger partial charge is 0.449 e. The van der Waals surface area contributed by atoms with Gasteiger partial charge in [0.2, 0.25) is 0 Å². The molecule has 3 heteroatoms. The van der Waals surface area contributed by atoms with Crippen LogP contribution in [0.4, 0.5) is 5.69 Å². The molecule has 0 atom stereocenters. The third-order valence-electron chi connectivity index (χ3n) is 2.10. The van der Waals surface area contributed by atoms with Crippen LogP contribution < -0.4 is 5.32 Å². The van der Waals surface area contributed by atoms with Crippen molar-refractivity contribution in [1.29, 1.82) is 0 Å². The Labute approximate surface area is 102 Å². The molecule has 0 unspecified atom stereocenters. The van der Waals surface area contributed by atoms with E-state index in [0.29, 0.717) is 11.5 Å². The van der Waals surface area contributed by atoms with E-state index in [1.165, 1.54) is 0 Å². The Hall–Kier alpha value is -1.95. The van der Waals surface area contributed by atoms with Crippen molar-refractivity contribution in [3.05, 3.63) is 29.8 Å². The average molecular weight is 231 g/mol. The quantitative estimate of drug-likeness (QED) is 0.625. The summed E-state index contributed by atoms with van der Waals surface area (Å²) in [6, 6.07) is 7.20. The SMILES string of the molecule is C#CCOC(=O)c1cccc(NCC(C)C)c1. The van der Waals surface area contributed by atoms with Gasteiger partial charge in [0.15, 0.2) is 6.61 Å². The second-order valence-corrected chi connectivity index (χ2v) is 4.14. The summed E-state index contributed by atoms with van der Waals surface area (Å²) in [5.41, 5.74) is 1.42. The summed E-state index contributed by atoms with van der Waals surface area (Å²) >= 11 is 0. The van der Waals surface area contributed by atoms with E-state index in [0.717, 1.165) is 12.2 Å². The van der Waals surface area contributed by atoms with Gasteiger partial charge in [-0.3, -0.25) is 0 Å². The van der Waals surface area contributed by atoms with Crippen LogP contribution in [-0.2, 0) is 4.74 Å². The lowest BCUT2D eigenvalue weighted by molar-refractivity contribution is 0.0557. The molecule has 0 amide bonds. The highest BCUT2D eigenvalue weighted by molar-refractivity contribution is 5.90. The monoisotopic (exact) mass is 231 g/mol. The number of hydrogen-bond acceptors (Lipinski definition) is 3. The lowest BCUT2D eigenvalue weighted by Crippen LogP contribution is -2.09. The zero-order valence-corrected chi connectivity index (χ0v) is 10.2. The van der Waals surface area contributed by atoms with Gasteiger partial charge in [0.05, 0.1) is 5.56 Å². The van der Waals surface area contributed by atoms with E-state index in [1.54, 1.807) is 12.1 Å². The molecule has 0 aromatic heterocycles. The summed E-state index contributed by atoms with van der Waals surface area (Å²) in [6.45, 7) is 5.11. The standard InChI is InChI=1S/C14H17NO2/c1-4-8-17-14(16)12-6-5-7-13(9-12)15-10-11(2)3/h1,5-7,9,11,15H,8,10H2,2-3H3. The van der Waals surface area contributed by atoms with Crippen LogP contribution in [0, 0.1) is 18.3 Å². The molecule has 3 nitrogen and oxygen atoms in total. The lowest BCUT2D eigenvalue weighted by Gasteiger charge is -2.09. The first-order chi connectivity index (χ1) is 8.13. The highest BCUT2D eigenvalue weighted by Crippen LogP contribution is 2.12. The van der Waals surface area contributed by atoms with Gasteiger partial charge >= 0.3 is 5.97 Å². The first kappa shape index (κ1) is 13.1. The number of terminal acetylenes is 1. The van der Waals surface area contributed by atoms with Crippen molar-refractivity contribution in [3.8, 4) is 12.3 Å². The Morgan fingerprint density at radius 1 is 1.53 bits per heavy atom. The highest BCUT2D eigenvalue weighted by atomic mass is 16.5. The van der Waals surface area contributed by atoms with Crippen molar-refractivity contribution in [2.75, 3.05) is 18.5 Å². The molecule has 0 aliphatic heterocycles. The Bertz CT molecular complexity index is 418. The van der Waals surface area contributed by atoms with Crippen LogP contribution in [0.1, 0.15) is 24.2 Å². The minimum Gasteiger partial charge on any atom is -0.449 e. The maximum absolute atomic E-state index is 11.5. The number of nitrogens with one attached hydrogen (secondary N) is 1. The zero-order chi connectivity index (χ0) is 12.7. The molecule has 90 valence electrons. The Kier molecular flexibility index (Phi) is 5.09. The van der Waals surface area contributed by atoms with E-state index in [-0.39, 0.29) is 6.61 Å². The molecule has 1 aromatic carbocycles. The van der Waals surface area contributed by atoms with Crippen molar-refractivity contribution < 1.29 is 9.53 Å². The molecule has 0 radical (unpaired) electrons. The van der Waals surface area contributed by atoms with Crippen LogP contribution >= 0.6 is 0 Å². The second kappa shape index (κ2) is 6.59. The lowest BCUT2D eigenvalue weighted by atomic mass is 10.2. The fourth-order valence-corrected chi connectivity index (χ4v) is 1.27. The van der Waals surface area contributed by atoms with Gasteiger partial charge < -0.3 is 10.1 Å². The third kappa shape index (κ3) is 4.60. The van der Waals surface area contributed by atoms with Crippen molar-refractivity contribution in [3.63, 3.8) is 0 Å². The van der Waals surface area contributed by atoms with Gasteiger partial charge in [-0.1, -0.05) is 25.8 Å². The number of ether oxygens (including phenoxy) is 1. The fraction of sp³-hybridized carbons (Fsp3) is 0.357. The maximum Gasteiger partial charge on any atom is 0.339 e. The molecule has 0 heterocycles. The molecule has 0 saturated carbocycles. The average Bonchev–Trinajstić information content (AvgIpc) is 2.33. The second-order valence-electron chi connectivity index (χ2n) is 4.14. The first-order valence-corrected chi connectivity index (χ1v) is 5.58. The molecule has 0 fully saturated rings. The van der Waals surface area contributed by atoms with Gasteiger partial charge in [-0.25, -0.2) is 4.79 Å². The van der Waals surface area contributed by atoms with Crippen molar-refractivity contribution in [2.24, 2.45) is 5.92 Å². The molecule has 17 heavy (non-hydrogen) atoms. The van der Waals surface area contributed by atoms with Gasteiger partial charge in [0, 0.05) is 12.2 Å². The Morgan fingerprint density at radius 2 is 2.29 bits per heavy atom. The fourth-order valence-electron chi connectivity index (χ4n) is 1.27. The molecular weight excluding hydrogens is 214 g/mol. The van der Waals surface area contributed by atoms with E-state index in [2.05, 4.69) is 25.1 Å². The van der Waals surface area contributed by atoms with Crippen LogP contribution in [0.5, 0.6) is 0 Å². The molecule has 0 aliphatic rings. The predicted octanol–water partition coefficient (Wildman–Crippen LogP) is 2.54. The Morgan fingerprint density at radius 3 is 2.94 bits per heavy atom. The minimum atomic E-state index is -0.392. The van der Waals surface area contributed by atoms with Gasteiger partial charge in [-0.05, 0) is 24.1 Å². The van der Waals surface area contributed by atoms with Gasteiger partial charge in [-0.2, -0.15) is 0 Å². The van der Waals surface area contributed by atoms with Gasteiger partial charge in [-0.15, -0.1) is 6.42 Å². The number of rotatable bonds is 5. The summed E-state index contributed by atoms with van der Waals surface area (Å²) in [4.78, 5) is 11.5. The molecule has 1 N–H and O–H groups in total. The number of anilines is 1. The third-order valence-corrected chi connectivity index (χ3v) is 2.10. The van der Waals surface area contributed by atoms with Crippen LogP contribution in [0.25, 0.3) is 0 Å². The molecule has 0 bridgehead atoms. The van der Waals surface area contributed by atoms with Crippen molar-refractivity contribution in [2.45, 2.75) is 13.8 Å². The molecule has 0 saturated heterocycles. The van der Waals surface area contributed by atoms with Gasteiger partial charge in [0.1, 0.15) is 0 Å². The first-order valence-electron chi connectivity index (χ1n) is 5.58. The molecule has 1 rings (SSSR count). The number of benzene rings is 1. The van der Waals surface area contributed by atoms with Crippen molar-refractivity contribution in [1.82, 2.24) is 0 Å². The number of esters is 1. The molecule has 0 spiro atoms. The molecular formula is C14H17NO2.